The lowest BCUT2D eigenvalue weighted by Crippen LogP contribution is -2.58. The maximum atomic E-state index is 13.3. The number of carbonyl (C=O) groups excluding carboxylic acids is 1. The Morgan fingerprint density at radius 3 is 2.23 bits per heavy atom. The number of nitrogens with one attached hydrogen (secondary N) is 1. The zero-order chi connectivity index (χ0) is 34.1. The van der Waals surface area contributed by atoms with Gasteiger partial charge in [-0.2, -0.15) is 26.3 Å². The molecule has 1 amide bonds. The number of nitro benzene ring substituents is 1. The molecule has 5 rings (SSSR count). The minimum atomic E-state index is -4.85. The molecule has 1 aliphatic heterocycles. The van der Waals surface area contributed by atoms with Crippen LogP contribution in [0.2, 0.25) is 0 Å². The lowest BCUT2D eigenvalue weighted by Gasteiger charge is -2.44. The van der Waals surface area contributed by atoms with E-state index in [-0.39, 0.29) is 42.4 Å². The first-order chi connectivity index (χ1) is 22.1. The van der Waals surface area contributed by atoms with Crippen molar-refractivity contribution in [2.75, 3.05) is 25.0 Å². The van der Waals surface area contributed by atoms with E-state index in [0.29, 0.717) is 50.7 Å². The highest BCUT2D eigenvalue weighted by molar-refractivity contribution is 5.84. The van der Waals surface area contributed by atoms with Gasteiger partial charge in [-0.3, -0.25) is 19.8 Å². The van der Waals surface area contributed by atoms with Crippen molar-refractivity contribution in [3.63, 3.8) is 0 Å². The molecule has 0 aromatic heterocycles. The second-order valence-electron chi connectivity index (χ2n) is 12.5. The quantitative estimate of drug-likeness (QED) is 0.151. The van der Waals surface area contributed by atoms with Gasteiger partial charge in [-0.25, -0.2) is 0 Å². The van der Waals surface area contributed by atoms with Crippen molar-refractivity contribution in [3.8, 4) is 0 Å². The summed E-state index contributed by atoms with van der Waals surface area (Å²) < 4.78 is 85.2. The smallest absolute Gasteiger partial charge is 0.382 e. The zero-order valence-corrected chi connectivity index (χ0v) is 25.9. The molecule has 2 atom stereocenters. The molecule has 3 aromatic rings. The SMILES string of the molecule is C[C@@H]1CN(Cc2ccc3cc(C(F)(F)F)ccc3c2)[C@@H](C)CN1C(=O)CO[C@H]1CC[C@H](Nc2ccc([N+](=O)[O-])c(C(F)(F)F)c2)CC1. The highest BCUT2D eigenvalue weighted by Gasteiger charge is 2.39. The summed E-state index contributed by atoms with van der Waals surface area (Å²) >= 11 is 0. The summed E-state index contributed by atoms with van der Waals surface area (Å²) in [4.78, 5) is 27.2. The number of benzene rings is 3. The third kappa shape index (κ3) is 8.33. The van der Waals surface area contributed by atoms with Crippen LogP contribution in [0.1, 0.15) is 56.2 Å². The number of fused-ring (bicyclic) bond motifs is 1. The average molecular weight is 667 g/mol. The molecule has 1 saturated carbocycles. The van der Waals surface area contributed by atoms with Crippen molar-refractivity contribution in [2.45, 2.75) is 82.7 Å². The molecule has 0 bridgehead atoms. The van der Waals surface area contributed by atoms with Crippen LogP contribution in [0.5, 0.6) is 0 Å². The molecule has 254 valence electrons. The van der Waals surface area contributed by atoms with Gasteiger partial charge in [-0.1, -0.05) is 18.2 Å². The highest BCUT2D eigenvalue weighted by atomic mass is 19.4. The number of halogens is 6. The topological polar surface area (TPSA) is 88.0 Å². The molecule has 1 heterocycles. The van der Waals surface area contributed by atoms with E-state index in [1.165, 1.54) is 12.1 Å². The predicted molar refractivity (Wildman–Crippen MR) is 164 cm³/mol. The van der Waals surface area contributed by atoms with E-state index in [4.69, 9.17) is 4.74 Å². The van der Waals surface area contributed by atoms with Gasteiger partial charge in [0.15, 0.2) is 0 Å². The molecule has 0 spiro atoms. The number of ether oxygens (including phenoxy) is 1. The normalized spacial score (nSPS) is 22.8. The number of amides is 1. The fourth-order valence-electron chi connectivity index (χ4n) is 6.46. The minimum absolute atomic E-state index is 0.0391. The van der Waals surface area contributed by atoms with Crippen LogP contribution >= 0.6 is 0 Å². The summed E-state index contributed by atoms with van der Waals surface area (Å²) in [6, 6.07) is 11.9. The van der Waals surface area contributed by atoms with Gasteiger partial charge in [0.2, 0.25) is 5.91 Å². The summed E-state index contributed by atoms with van der Waals surface area (Å²) in [5.74, 6) is -0.124. The third-order valence-corrected chi connectivity index (χ3v) is 9.04. The average Bonchev–Trinajstić information content (AvgIpc) is 3.01. The number of hydrogen-bond donors (Lipinski definition) is 1. The number of nitro groups is 1. The summed E-state index contributed by atoms with van der Waals surface area (Å²) in [7, 11) is 0. The standard InChI is InChI=1S/C33H36F6N4O4/c1-20-17-42(21(2)16-41(20)18-22-3-4-24-14-25(32(34,35)36)6-5-23(24)13-22)31(44)19-47-28-10-7-26(8-11-28)40-27-9-12-30(43(45)46)29(15-27)33(37,38)39/h3-6,9,12-15,20-21,26,28,40H,7-8,10-11,16-19H2,1-2H3/t20-,21+,26-,28-/m0/s1. The Labute approximate surface area is 267 Å². The first kappa shape index (κ1) is 34.4. The van der Waals surface area contributed by atoms with Crippen LogP contribution in [-0.4, -0.2) is 64.6 Å². The number of hydrogen-bond acceptors (Lipinski definition) is 6. The molecule has 0 radical (unpaired) electrons. The Morgan fingerprint density at radius 2 is 1.57 bits per heavy atom. The second kappa shape index (κ2) is 13.7. The van der Waals surface area contributed by atoms with E-state index >= 15 is 0 Å². The highest BCUT2D eigenvalue weighted by Crippen LogP contribution is 2.38. The van der Waals surface area contributed by atoms with E-state index in [9.17, 15) is 41.3 Å². The van der Waals surface area contributed by atoms with Gasteiger partial charge in [-0.15, -0.1) is 0 Å². The van der Waals surface area contributed by atoms with Crippen molar-refractivity contribution in [3.05, 3.63) is 81.4 Å². The molecule has 2 fully saturated rings. The summed E-state index contributed by atoms with van der Waals surface area (Å²) in [6.07, 6.45) is -7.02. The van der Waals surface area contributed by atoms with Crippen LogP contribution in [0, 0.1) is 10.1 Å². The van der Waals surface area contributed by atoms with E-state index in [1.807, 2.05) is 26.0 Å². The Kier molecular flexibility index (Phi) is 10.0. The second-order valence-corrected chi connectivity index (χ2v) is 12.5. The molecule has 1 saturated heterocycles. The summed E-state index contributed by atoms with van der Waals surface area (Å²) in [5, 5.41) is 15.3. The summed E-state index contributed by atoms with van der Waals surface area (Å²) in [6.45, 7) is 5.62. The number of rotatable bonds is 8. The first-order valence-electron chi connectivity index (χ1n) is 15.5. The van der Waals surface area contributed by atoms with Gasteiger partial charge < -0.3 is 15.0 Å². The Hall–Kier alpha value is -3.91. The van der Waals surface area contributed by atoms with Crippen LogP contribution in [0.25, 0.3) is 10.8 Å². The predicted octanol–water partition coefficient (Wildman–Crippen LogP) is 7.65. The fraction of sp³-hybridized carbons (Fsp3) is 0.485. The Bertz CT molecular complexity index is 1610. The zero-order valence-electron chi connectivity index (χ0n) is 25.9. The molecule has 3 aromatic carbocycles. The van der Waals surface area contributed by atoms with Crippen LogP contribution < -0.4 is 5.32 Å². The van der Waals surface area contributed by atoms with Gasteiger partial charge in [-0.05, 0) is 86.2 Å². The molecular formula is C33H36F6N4O4. The van der Waals surface area contributed by atoms with Crippen molar-refractivity contribution in [1.29, 1.82) is 0 Å². The van der Waals surface area contributed by atoms with E-state index < -0.39 is 34.1 Å². The van der Waals surface area contributed by atoms with Crippen molar-refractivity contribution < 1.29 is 40.8 Å². The van der Waals surface area contributed by atoms with Gasteiger partial charge in [0.05, 0.1) is 16.6 Å². The van der Waals surface area contributed by atoms with Crippen LogP contribution in [0.15, 0.2) is 54.6 Å². The number of nitrogens with zero attached hydrogens (tertiary/aromatic N) is 3. The number of anilines is 1. The lowest BCUT2D eigenvalue weighted by molar-refractivity contribution is -0.388. The molecule has 2 aliphatic rings. The van der Waals surface area contributed by atoms with Crippen LogP contribution in [0.3, 0.4) is 0 Å². The molecule has 47 heavy (non-hydrogen) atoms. The minimum Gasteiger partial charge on any atom is -0.382 e. The molecular weight excluding hydrogens is 630 g/mol. The Balaban J connectivity index is 1.08. The molecule has 1 aliphatic carbocycles. The van der Waals surface area contributed by atoms with E-state index in [1.54, 1.807) is 11.0 Å². The number of carbonyl (C=O) groups is 1. The number of alkyl halides is 6. The van der Waals surface area contributed by atoms with Gasteiger partial charge in [0.25, 0.3) is 5.69 Å². The lowest BCUT2D eigenvalue weighted by atomic mass is 9.92. The Morgan fingerprint density at radius 1 is 0.894 bits per heavy atom. The van der Waals surface area contributed by atoms with E-state index in [2.05, 4.69) is 10.2 Å². The van der Waals surface area contributed by atoms with Gasteiger partial charge in [0.1, 0.15) is 12.2 Å². The maximum absolute atomic E-state index is 13.3. The van der Waals surface area contributed by atoms with Gasteiger partial charge in [0, 0.05) is 49.5 Å². The third-order valence-electron chi connectivity index (χ3n) is 9.04. The molecule has 14 heteroatoms. The van der Waals surface area contributed by atoms with Crippen molar-refractivity contribution in [1.82, 2.24) is 9.80 Å². The molecule has 0 unspecified atom stereocenters. The van der Waals surface area contributed by atoms with Crippen LogP contribution in [0.4, 0.5) is 37.7 Å². The van der Waals surface area contributed by atoms with Crippen molar-refractivity contribution >= 4 is 28.1 Å². The first-order valence-corrected chi connectivity index (χ1v) is 15.5. The van der Waals surface area contributed by atoms with Crippen molar-refractivity contribution in [2.24, 2.45) is 0 Å². The fourth-order valence-corrected chi connectivity index (χ4v) is 6.46. The molecule has 1 N–H and O–H groups in total. The maximum Gasteiger partial charge on any atom is 0.423 e. The number of piperazine rings is 1. The summed E-state index contributed by atoms with van der Waals surface area (Å²) in [5.41, 5.74) is -1.84. The van der Waals surface area contributed by atoms with Crippen LogP contribution in [-0.2, 0) is 28.4 Å². The van der Waals surface area contributed by atoms with Gasteiger partial charge >= 0.3 is 12.4 Å². The van der Waals surface area contributed by atoms with E-state index in [0.717, 1.165) is 35.2 Å². The molecule has 8 nitrogen and oxygen atoms in total. The largest absolute Gasteiger partial charge is 0.423 e. The monoisotopic (exact) mass is 666 g/mol.